The smallest absolute Gasteiger partial charge is 0.191 e. The van der Waals surface area contributed by atoms with Gasteiger partial charge in [0, 0.05) is 37.0 Å². The van der Waals surface area contributed by atoms with E-state index in [2.05, 4.69) is 33.9 Å². The number of guanidine groups is 1. The number of fused-ring (bicyclic) bond motifs is 1. The first-order valence-corrected chi connectivity index (χ1v) is 7.95. The first-order valence-electron chi connectivity index (χ1n) is 6.79. The maximum atomic E-state index is 6.05. The van der Waals surface area contributed by atoms with Gasteiger partial charge in [0.15, 0.2) is 5.96 Å². The number of aliphatic imine (C=N–C) groups is 1. The van der Waals surface area contributed by atoms with Gasteiger partial charge in [0.05, 0.1) is 12.2 Å². The predicted octanol–water partition coefficient (Wildman–Crippen LogP) is 1.51. The minimum atomic E-state index is 0.538. The molecule has 3 heterocycles. The van der Waals surface area contributed by atoms with Gasteiger partial charge in [-0.1, -0.05) is 0 Å². The Morgan fingerprint density at radius 2 is 2.25 bits per heavy atom. The average molecular weight is 289 g/mol. The molecule has 0 amide bonds. The van der Waals surface area contributed by atoms with Crippen molar-refractivity contribution in [1.29, 1.82) is 0 Å². The van der Waals surface area contributed by atoms with Crippen LogP contribution in [-0.2, 0) is 6.54 Å². The van der Waals surface area contributed by atoms with Gasteiger partial charge in [0.2, 0.25) is 0 Å². The minimum absolute atomic E-state index is 0.538. The second kappa shape index (κ2) is 5.75. The first kappa shape index (κ1) is 13.3. The fraction of sp³-hybridized carbons (Fsp3) is 0.429. The number of pyridine rings is 1. The van der Waals surface area contributed by atoms with Crippen LogP contribution in [0.4, 0.5) is 0 Å². The van der Waals surface area contributed by atoms with E-state index in [-0.39, 0.29) is 0 Å². The molecule has 6 heteroatoms. The zero-order chi connectivity index (χ0) is 13.9. The van der Waals surface area contributed by atoms with E-state index in [9.17, 15) is 0 Å². The molecule has 1 fully saturated rings. The lowest BCUT2D eigenvalue weighted by molar-refractivity contribution is 0.455. The highest BCUT2D eigenvalue weighted by Gasteiger charge is 2.12. The van der Waals surface area contributed by atoms with Crippen molar-refractivity contribution in [2.45, 2.75) is 13.5 Å². The summed E-state index contributed by atoms with van der Waals surface area (Å²) in [6.07, 6.45) is 4.04. The van der Waals surface area contributed by atoms with Crippen LogP contribution in [0.25, 0.3) is 5.65 Å². The van der Waals surface area contributed by atoms with Gasteiger partial charge in [-0.2, -0.15) is 11.8 Å². The SMILES string of the molecule is Cc1ccn2cc(CN=C(N)N3CCSCC3)nc2c1. The predicted molar refractivity (Wildman–Crippen MR) is 84.2 cm³/mol. The lowest BCUT2D eigenvalue weighted by Gasteiger charge is -2.27. The molecule has 0 aromatic carbocycles. The molecule has 0 unspecified atom stereocenters. The van der Waals surface area contributed by atoms with E-state index < -0.39 is 0 Å². The van der Waals surface area contributed by atoms with Crippen molar-refractivity contribution in [2.75, 3.05) is 24.6 Å². The van der Waals surface area contributed by atoms with E-state index in [4.69, 9.17) is 5.73 Å². The van der Waals surface area contributed by atoms with Crippen molar-refractivity contribution in [3.8, 4) is 0 Å². The quantitative estimate of drug-likeness (QED) is 0.672. The Balaban J connectivity index is 1.72. The Kier molecular flexibility index (Phi) is 3.82. The number of hydrogen-bond acceptors (Lipinski definition) is 3. The molecular weight excluding hydrogens is 270 g/mol. The second-order valence-corrected chi connectivity index (χ2v) is 6.20. The molecule has 0 aliphatic carbocycles. The van der Waals surface area contributed by atoms with E-state index in [1.807, 2.05) is 28.6 Å². The summed E-state index contributed by atoms with van der Waals surface area (Å²) in [4.78, 5) is 11.2. The normalized spacial score (nSPS) is 16.9. The summed E-state index contributed by atoms with van der Waals surface area (Å²) in [5.74, 6) is 2.90. The lowest BCUT2D eigenvalue weighted by atomic mass is 10.3. The molecule has 0 bridgehead atoms. The van der Waals surface area contributed by atoms with Crippen molar-refractivity contribution in [2.24, 2.45) is 10.7 Å². The summed E-state index contributed by atoms with van der Waals surface area (Å²) in [5.41, 5.74) is 9.17. The van der Waals surface area contributed by atoms with Gasteiger partial charge in [-0.05, 0) is 24.6 Å². The topological polar surface area (TPSA) is 58.9 Å². The molecule has 5 nitrogen and oxygen atoms in total. The molecule has 0 saturated carbocycles. The monoisotopic (exact) mass is 289 g/mol. The number of imidazole rings is 1. The fourth-order valence-electron chi connectivity index (χ4n) is 2.27. The number of nitrogens with two attached hydrogens (primary N) is 1. The third kappa shape index (κ3) is 2.90. The molecule has 3 rings (SSSR count). The van der Waals surface area contributed by atoms with E-state index >= 15 is 0 Å². The van der Waals surface area contributed by atoms with Crippen LogP contribution in [-0.4, -0.2) is 44.8 Å². The van der Waals surface area contributed by atoms with E-state index in [1.165, 1.54) is 5.56 Å². The van der Waals surface area contributed by atoms with Crippen molar-refractivity contribution in [1.82, 2.24) is 14.3 Å². The van der Waals surface area contributed by atoms with Crippen molar-refractivity contribution >= 4 is 23.4 Å². The van der Waals surface area contributed by atoms with Crippen molar-refractivity contribution < 1.29 is 0 Å². The summed E-state index contributed by atoms with van der Waals surface area (Å²) in [6.45, 7) is 4.59. The summed E-state index contributed by atoms with van der Waals surface area (Å²) < 4.78 is 2.02. The zero-order valence-electron chi connectivity index (χ0n) is 11.6. The molecule has 2 aromatic heterocycles. The van der Waals surface area contributed by atoms with Gasteiger partial charge in [-0.15, -0.1) is 0 Å². The summed E-state index contributed by atoms with van der Waals surface area (Å²) in [7, 11) is 0. The molecule has 0 radical (unpaired) electrons. The standard InChI is InChI=1S/C14H19N5S/c1-11-2-3-19-10-12(17-13(19)8-11)9-16-14(15)18-4-6-20-7-5-18/h2-3,8,10H,4-7,9H2,1H3,(H2,15,16). The Bertz CT molecular complexity index is 628. The minimum Gasteiger partial charge on any atom is -0.370 e. The third-order valence-corrected chi connectivity index (χ3v) is 4.35. The highest BCUT2D eigenvalue weighted by Crippen LogP contribution is 2.10. The number of aromatic nitrogens is 2. The molecule has 2 N–H and O–H groups in total. The lowest BCUT2D eigenvalue weighted by Crippen LogP contribution is -2.42. The molecular formula is C14H19N5S. The van der Waals surface area contributed by atoms with E-state index in [0.717, 1.165) is 35.9 Å². The van der Waals surface area contributed by atoms with Gasteiger partial charge < -0.3 is 15.0 Å². The average Bonchev–Trinajstić information content (AvgIpc) is 2.87. The number of rotatable bonds is 2. The summed E-state index contributed by atoms with van der Waals surface area (Å²) in [6, 6.07) is 4.14. The van der Waals surface area contributed by atoms with Crippen molar-refractivity contribution in [3.05, 3.63) is 35.8 Å². The van der Waals surface area contributed by atoms with Gasteiger partial charge in [0.1, 0.15) is 5.65 Å². The van der Waals surface area contributed by atoms with Crippen LogP contribution in [0.3, 0.4) is 0 Å². The van der Waals surface area contributed by atoms with Crippen LogP contribution >= 0.6 is 11.8 Å². The highest BCUT2D eigenvalue weighted by molar-refractivity contribution is 7.99. The Morgan fingerprint density at radius 3 is 3.05 bits per heavy atom. The summed E-state index contributed by atoms with van der Waals surface area (Å²) in [5, 5.41) is 0. The Hall–Kier alpha value is -1.69. The van der Waals surface area contributed by atoms with Crippen molar-refractivity contribution in [3.63, 3.8) is 0 Å². The van der Waals surface area contributed by atoms with Crippen LogP contribution in [0, 0.1) is 6.92 Å². The van der Waals surface area contributed by atoms with Gasteiger partial charge in [0.25, 0.3) is 0 Å². The molecule has 1 aliphatic heterocycles. The molecule has 106 valence electrons. The second-order valence-electron chi connectivity index (χ2n) is 4.98. The van der Waals surface area contributed by atoms with Crippen LogP contribution in [0.15, 0.2) is 29.5 Å². The van der Waals surface area contributed by atoms with Gasteiger partial charge >= 0.3 is 0 Å². The Morgan fingerprint density at radius 1 is 1.45 bits per heavy atom. The molecule has 0 atom stereocenters. The van der Waals surface area contributed by atoms with Crippen LogP contribution in [0.1, 0.15) is 11.3 Å². The highest BCUT2D eigenvalue weighted by atomic mass is 32.2. The number of nitrogens with zero attached hydrogens (tertiary/aromatic N) is 4. The number of aryl methyl sites for hydroxylation is 1. The molecule has 1 aliphatic rings. The maximum Gasteiger partial charge on any atom is 0.191 e. The number of thioether (sulfide) groups is 1. The summed E-state index contributed by atoms with van der Waals surface area (Å²) >= 11 is 1.97. The van der Waals surface area contributed by atoms with Crippen LogP contribution in [0.5, 0.6) is 0 Å². The van der Waals surface area contributed by atoms with Gasteiger partial charge in [-0.25, -0.2) is 9.98 Å². The largest absolute Gasteiger partial charge is 0.370 e. The zero-order valence-corrected chi connectivity index (χ0v) is 12.4. The molecule has 0 spiro atoms. The first-order chi connectivity index (χ1) is 9.72. The van der Waals surface area contributed by atoms with E-state index in [1.54, 1.807) is 0 Å². The molecule has 1 saturated heterocycles. The van der Waals surface area contributed by atoms with Gasteiger partial charge in [-0.3, -0.25) is 0 Å². The number of hydrogen-bond donors (Lipinski definition) is 1. The van der Waals surface area contributed by atoms with Crippen LogP contribution < -0.4 is 5.73 Å². The molecule has 20 heavy (non-hydrogen) atoms. The molecule has 2 aromatic rings. The Labute approximate surface area is 122 Å². The van der Waals surface area contributed by atoms with E-state index in [0.29, 0.717) is 12.5 Å². The fourth-order valence-corrected chi connectivity index (χ4v) is 3.17. The third-order valence-electron chi connectivity index (χ3n) is 3.40. The van der Waals surface area contributed by atoms with Crippen LogP contribution in [0.2, 0.25) is 0 Å². The maximum absolute atomic E-state index is 6.05.